The first-order valence-corrected chi connectivity index (χ1v) is 11.5. The molecule has 12 heteroatoms. The summed E-state index contributed by atoms with van der Waals surface area (Å²) in [6.45, 7) is 3.92. The first-order valence-electron chi connectivity index (χ1n) is 11.5. The lowest BCUT2D eigenvalue weighted by molar-refractivity contribution is -0.162. The monoisotopic (exact) mass is 492 g/mol. The lowest BCUT2D eigenvalue weighted by Gasteiger charge is -2.36. The number of piperazine rings is 1. The number of piperidine rings is 1. The van der Waals surface area contributed by atoms with Crippen molar-refractivity contribution in [1.82, 2.24) is 19.9 Å². The van der Waals surface area contributed by atoms with Gasteiger partial charge in [-0.2, -0.15) is 13.2 Å². The van der Waals surface area contributed by atoms with Crippen LogP contribution < -0.4 is 9.80 Å². The molecular weight excluding hydrogens is 465 g/mol. The predicted molar refractivity (Wildman–Crippen MR) is 121 cm³/mol. The molecule has 4 rings (SSSR count). The summed E-state index contributed by atoms with van der Waals surface area (Å²) in [5.74, 6) is -1.13. The third-order valence-electron chi connectivity index (χ3n) is 6.21. The lowest BCUT2D eigenvalue weighted by atomic mass is 9.97. The summed E-state index contributed by atoms with van der Waals surface area (Å²) in [5.41, 5.74) is -0.836. The number of pyridine rings is 1. The maximum Gasteiger partial charge on any atom is 0.419 e. The van der Waals surface area contributed by atoms with Gasteiger partial charge in [0, 0.05) is 57.9 Å². The van der Waals surface area contributed by atoms with Crippen LogP contribution in [0, 0.1) is 5.92 Å². The lowest BCUT2D eigenvalue weighted by Crippen LogP contribution is -2.52. The maximum atomic E-state index is 13.4. The van der Waals surface area contributed by atoms with E-state index in [-0.39, 0.29) is 18.3 Å². The number of alkyl halides is 3. The highest BCUT2D eigenvalue weighted by Gasteiger charge is 2.38. The van der Waals surface area contributed by atoms with Crippen LogP contribution in [0.3, 0.4) is 0 Å². The Morgan fingerprint density at radius 3 is 2.37 bits per heavy atom. The Labute approximate surface area is 200 Å². The van der Waals surface area contributed by atoms with Crippen molar-refractivity contribution in [3.8, 4) is 0 Å². The zero-order chi connectivity index (χ0) is 25.0. The zero-order valence-corrected chi connectivity index (χ0v) is 19.3. The maximum absolute atomic E-state index is 13.4. The molecule has 9 nitrogen and oxygen atoms in total. The van der Waals surface area contributed by atoms with Crippen LogP contribution in [0.2, 0.25) is 0 Å². The van der Waals surface area contributed by atoms with Crippen LogP contribution in [0.4, 0.5) is 24.9 Å². The summed E-state index contributed by atoms with van der Waals surface area (Å²) in [7, 11) is 0. The molecule has 0 bridgehead atoms. The predicted octanol–water partition coefficient (Wildman–Crippen LogP) is 2.39. The fourth-order valence-electron chi connectivity index (χ4n) is 4.39. The van der Waals surface area contributed by atoms with Gasteiger partial charge in [0.15, 0.2) is 6.10 Å². The first kappa shape index (κ1) is 24.7. The number of ether oxygens (including phenoxy) is 1. The van der Waals surface area contributed by atoms with E-state index in [0.717, 1.165) is 6.07 Å². The van der Waals surface area contributed by atoms with Crippen molar-refractivity contribution in [2.75, 3.05) is 49.1 Å². The van der Waals surface area contributed by atoms with Crippen molar-refractivity contribution < 1.29 is 27.5 Å². The van der Waals surface area contributed by atoms with Gasteiger partial charge in [-0.15, -0.1) is 0 Å². The first-order chi connectivity index (χ1) is 16.7. The van der Waals surface area contributed by atoms with E-state index in [1.807, 2.05) is 4.90 Å². The molecule has 1 amide bonds. The number of rotatable bonds is 5. The number of carbonyl (C=O) groups is 2. The van der Waals surface area contributed by atoms with Crippen molar-refractivity contribution in [2.24, 2.45) is 5.92 Å². The highest BCUT2D eigenvalue weighted by Crippen LogP contribution is 2.36. The van der Waals surface area contributed by atoms with Gasteiger partial charge in [-0.05, 0) is 38.0 Å². The van der Waals surface area contributed by atoms with Gasteiger partial charge in [-0.25, -0.2) is 15.0 Å². The van der Waals surface area contributed by atoms with Crippen LogP contribution >= 0.6 is 0 Å². The van der Waals surface area contributed by atoms with Gasteiger partial charge in [0.2, 0.25) is 5.95 Å². The molecule has 0 aliphatic carbocycles. The van der Waals surface area contributed by atoms with Crippen molar-refractivity contribution >= 4 is 23.6 Å². The molecule has 2 atom stereocenters. The second-order valence-corrected chi connectivity index (χ2v) is 8.60. The Hall–Kier alpha value is -3.44. The quantitative estimate of drug-likeness (QED) is 0.588. The van der Waals surface area contributed by atoms with E-state index in [1.165, 1.54) is 24.1 Å². The molecule has 0 aromatic carbocycles. The summed E-state index contributed by atoms with van der Waals surface area (Å²) in [4.78, 5) is 43.1. The highest BCUT2D eigenvalue weighted by molar-refractivity contribution is 5.84. The van der Waals surface area contributed by atoms with E-state index in [0.29, 0.717) is 51.5 Å². The minimum atomic E-state index is -4.55. The van der Waals surface area contributed by atoms with E-state index >= 15 is 0 Å². The molecule has 2 fully saturated rings. The fourth-order valence-corrected chi connectivity index (χ4v) is 4.39. The number of hydrogen-bond donors (Lipinski definition) is 0. The average Bonchev–Trinajstić information content (AvgIpc) is 2.88. The Morgan fingerprint density at radius 2 is 1.69 bits per heavy atom. The van der Waals surface area contributed by atoms with Gasteiger partial charge in [0.25, 0.3) is 5.91 Å². The third-order valence-corrected chi connectivity index (χ3v) is 6.21. The summed E-state index contributed by atoms with van der Waals surface area (Å²) < 4.78 is 45.7. The molecule has 2 aliphatic heterocycles. The Kier molecular flexibility index (Phi) is 7.37. The standard InChI is InChI=1S/C23H27F3N6O3/c1-16(20(33)30-11-13-31(14-12-30)22-28-8-4-9-29-22)35-21(34)17-5-3-10-32(15-17)19-18(23(24,25)26)6-2-7-27-19/h2,4,6-9,16-17H,3,5,10-15H2,1H3. The number of nitrogens with zero attached hydrogens (tertiary/aromatic N) is 6. The van der Waals surface area contributed by atoms with Crippen LogP contribution in [-0.4, -0.2) is 77.1 Å². The average molecular weight is 493 g/mol. The summed E-state index contributed by atoms with van der Waals surface area (Å²) >= 11 is 0. The summed E-state index contributed by atoms with van der Waals surface area (Å²) in [6.07, 6.45) is 0.0699. The van der Waals surface area contributed by atoms with E-state index in [1.54, 1.807) is 23.4 Å². The largest absolute Gasteiger partial charge is 0.452 e. The number of anilines is 2. The molecule has 0 radical (unpaired) electrons. The van der Waals surface area contributed by atoms with Gasteiger partial charge in [-0.1, -0.05) is 0 Å². The van der Waals surface area contributed by atoms with Gasteiger partial charge in [0.05, 0.1) is 11.5 Å². The fraction of sp³-hybridized carbons (Fsp3) is 0.522. The second kappa shape index (κ2) is 10.4. The minimum absolute atomic E-state index is 0.0512. The van der Waals surface area contributed by atoms with Gasteiger partial charge >= 0.3 is 12.1 Å². The molecule has 0 saturated carbocycles. The van der Waals surface area contributed by atoms with Gasteiger partial charge in [0.1, 0.15) is 5.82 Å². The van der Waals surface area contributed by atoms with Crippen LogP contribution in [0.1, 0.15) is 25.3 Å². The van der Waals surface area contributed by atoms with Crippen molar-refractivity contribution in [1.29, 1.82) is 0 Å². The third kappa shape index (κ3) is 5.80. The number of carbonyl (C=O) groups excluding carboxylic acids is 2. The second-order valence-electron chi connectivity index (χ2n) is 8.60. The molecular formula is C23H27F3N6O3. The molecule has 0 N–H and O–H groups in total. The number of halogens is 3. The molecule has 2 aliphatic rings. The normalized spacial score (nSPS) is 19.9. The smallest absolute Gasteiger partial charge is 0.419 e. The molecule has 2 saturated heterocycles. The van der Waals surface area contributed by atoms with Crippen LogP contribution in [0.25, 0.3) is 0 Å². The van der Waals surface area contributed by atoms with Crippen molar-refractivity contribution in [2.45, 2.75) is 32.0 Å². The molecule has 2 aromatic rings. The molecule has 0 spiro atoms. The van der Waals surface area contributed by atoms with Crippen LogP contribution in [-0.2, 0) is 20.5 Å². The molecule has 35 heavy (non-hydrogen) atoms. The Balaban J connectivity index is 1.32. The molecule has 188 valence electrons. The van der Waals surface area contributed by atoms with E-state index in [4.69, 9.17) is 4.74 Å². The number of esters is 1. The number of aromatic nitrogens is 3. The highest BCUT2D eigenvalue weighted by atomic mass is 19.4. The topological polar surface area (TPSA) is 91.8 Å². The Bertz CT molecular complexity index is 1030. The molecule has 2 aromatic heterocycles. The zero-order valence-electron chi connectivity index (χ0n) is 19.3. The van der Waals surface area contributed by atoms with Crippen molar-refractivity contribution in [3.63, 3.8) is 0 Å². The molecule has 4 heterocycles. The van der Waals surface area contributed by atoms with Gasteiger partial charge < -0.3 is 19.4 Å². The van der Waals surface area contributed by atoms with Crippen LogP contribution in [0.15, 0.2) is 36.8 Å². The van der Waals surface area contributed by atoms with E-state index < -0.39 is 29.7 Å². The van der Waals surface area contributed by atoms with E-state index in [9.17, 15) is 22.8 Å². The minimum Gasteiger partial charge on any atom is -0.452 e. The molecule has 2 unspecified atom stereocenters. The van der Waals surface area contributed by atoms with Crippen molar-refractivity contribution in [3.05, 3.63) is 42.4 Å². The Morgan fingerprint density at radius 1 is 1.00 bits per heavy atom. The van der Waals surface area contributed by atoms with Gasteiger partial charge in [-0.3, -0.25) is 9.59 Å². The van der Waals surface area contributed by atoms with E-state index in [2.05, 4.69) is 15.0 Å². The SMILES string of the molecule is CC(OC(=O)C1CCCN(c2ncccc2C(F)(F)F)C1)C(=O)N1CCN(c2ncccn2)CC1. The number of hydrogen-bond acceptors (Lipinski definition) is 8. The van der Waals surface area contributed by atoms with Crippen LogP contribution in [0.5, 0.6) is 0 Å². The summed E-state index contributed by atoms with van der Waals surface area (Å²) in [5, 5.41) is 0. The number of amides is 1. The summed E-state index contributed by atoms with van der Waals surface area (Å²) in [6, 6.07) is 3.95.